The summed E-state index contributed by atoms with van der Waals surface area (Å²) >= 11 is 0. The molecule has 1 aliphatic heterocycles. The topological polar surface area (TPSA) is 67.2 Å². The predicted octanol–water partition coefficient (Wildman–Crippen LogP) is 3.04. The second-order valence-corrected chi connectivity index (χ2v) is 6.86. The zero-order valence-electron chi connectivity index (χ0n) is 15.5. The van der Waals surface area contributed by atoms with E-state index in [1.54, 1.807) is 16.9 Å². The van der Waals surface area contributed by atoms with Gasteiger partial charge in [-0.2, -0.15) is 5.10 Å². The van der Waals surface area contributed by atoms with Crippen LogP contribution in [0.2, 0.25) is 0 Å². The van der Waals surface area contributed by atoms with E-state index in [1.165, 1.54) is 0 Å². The van der Waals surface area contributed by atoms with Crippen LogP contribution >= 0.6 is 0 Å². The van der Waals surface area contributed by atoms with Gasteiger partial charge in [0, 0.05) is 31.4 Å². The number of benzene rings is 2. The van der Waals surface area contributed by atoms with Crippen molar-refractivity contribution < 1.29 is 9.59 Å². The van der Waals surface area contributed by atoms with E-state index in [2.05, 4.69) is 10.4 Å². The van der Waals surface area contributed by atoms with Crippen LogP contribution in [0.5, 0.6) is 0 Å². The molecular formula is C22H22N4O2. The third-order valence-electron chi connectivity index (χ3n) is 4.86. The molecule has 0 aliphatic carbocycles. The molecule has 142 valence electrons. The first kappa shape index (κ1) is 18.0. The van der Waals surface area contributed by atoms with E-state index in [9.17, 15) is 9.59 Å². The molecule has 1 aromatic heterocycles. The molecule has 6 nitrogen and oxygen atoms in total. The normalized spacial score (nSPS) is 13.5. The zero-order chi connectivity index (χ0) is 19.3. The first-order valence-corrected chi connectivity index (χ1v) is 9.48. The van der Waals surface area contributed by atoms with Gasteiger partial charge in [0.2, 0.25) is 0 Å². The minimum absolute atomic E-state index is 0.0623. The molecule has 4 rings (SSSR count). The number of hydrogen-bond donors (Lipinski definition) is 1. The van der Waals surface area contributed by atoms with Gasteiger partial charge in [0.15, 0.2) is 5.69 Å². The molecule has 2 amide bonds. The zero-order valence-corrected chi connectivity index (χ0v) is 15.5. The molecule has 3 aromatic rings. The van der Waals surface area contributed by atoms with Gasteiger partial charge in [-0.25, -0.2) is 4.68 Å². The molecule has 1 N–H and O–H groups in total. The molecule has 1 saturated heterocycles. The molecule has 6 heteroatoms. The second kappa shape index (κ2) is 8.08. The van der Waals surface area contributed by atoms with Crippen molar-refractivity contribution in [2.45, 2.75) is 19.4 Å². The Kier molecular flexibility index (Phi) is 5.19. The summed E-state index contributed by atoms with van der Waals surface area (Å²) in [6, 6.07) is 18.8. The lowest BCUT2D eigenvalue weighted by atomic mass is 10.1. The van der Waals surface area contributed by atoms with Gasteiger partial charge in [0.25, 0.3) is 11.8 Å². The largest absolute Gasteiger partial charge is 0.347 e. The van der Waals surface area contributed by atoms with Crippen molar-refractivity contribution in [1.29, 1.82) is 0 Å². The highest BCUT2D eigenvalue weighted by atomic mass is 16.2. The monoisotopic (exact) mass is 374 g/mol. The van der Waals surface area contributed by atoms with Crippen LogP contribution in [0.25, 0.3) is 5.69 Å². The number of rotatable bonds is 5. The number of aromatic nitrogens is 2. The van der Waals surface area contributed by atoms with Crippen molar-refractivity contribution in [1.82, 2.24) is 20.0 Å². The van der Waals surface area contributed by atoms with Crippen molar-refractivity contribution in [3.05, 3.63) is 83.7 Å². The number of carbonyl (C=O) groups excluding carboxylic acids is 2. The van der Waals surface area contributed by atoms with Gasteiger partial charge in [-0.3, -0.25) is 9.59 Å². The summed E-state index contributed by atoms with van der Waals surface area (Å²) < 4.78 is 1.67. The summed E-state index contributed by atoms with van der Waals surface area (Å²) in [5.41, 5.74) is 2.81. The Bertz CT molecular complexity index is 975. The summed E-state index contributed by atoms with van der Waals surface area (Å²) in [6.07, 6.45) is 3.90. The number of nitrogens with zero attached hydrogens (tertiary/aromatic N) is 3. The van der Waals surface area contributed by atoms with Crippen LogP contribution < -0.4 is 5.32 Å². The van der Waals surface area contributed by atoms with Gasteiger partial charge < -0.3 is 10.2 Å². The van der Waals surface area contributed by atoms with E-state index < -0.39 is 0 Å². The van der Waals surface area contributed by atoms with E-state index in [4.69, 9.17) is 0 Å². The Morgan fingerprint density at radius 1 is 0.964 bits per heavy atom. The Morgan fingerprint density at radius 2 is 1.75 bits per heavy atom. The van der Waals surface area contributed by atoms with Crippen LogP contribution in [0.15, 0.2) is 66.9 Å². The molecule has 0 spiro atoms. The van der Waals surface area contributed by atoms with Crippen LogP contribution in [0.1, 0.15) is 39.3 Å². The fourth-order valence-electron chi connectivity index (χ4n) is 3.36. The van der Waals surface area contributed by atoms with Crippen LogP contribution in [0, 0.1) is 0 Å². The summed E-state index contributed by atoms with van der Waals surface area (Å²) in [5, 5.41) is 7.21. The third-order valence-corrected chi connectivity index (χ3v) is 4.86. The van der Waals surface area contributed by atoms with Crippen molar-refractivity contribution in [2.24, 2.45) is 0 Å². The van der Waals surface area contributed by atoms with Crippen LogP contribution in [0.4, 0.5) is 0 Å². The Balaban J connectivity index is 1.39. The van der Waals surface area contributed by atoms with E-state index in [0.29, 0.717) is 17.8 Å². The van der Waals surface area contributed by atoms with E-state index >= 15 is 0 Å². The van der Waals surface area contributed by atoms with Crippen molar-refractivity contribution in [3.63, 3.8) is 0 Å². The summed E-state index contributed by atoms with van der Waals surface area (Å²) in [4.78, 5) is 26.8. The smallest absolute Gasteiger partial charge is 0.272 e. The molecule has 1 aliphatic rings. The number of nitrogens with one attached hydrogen (secondary N) is 1. The van der Waals surface area contributed by atoms with E-state index in [0.717, 1.165) is 37.2 Å². The Hall–Kier alpha value is -3.41. The van der Waals surface area contributed by atoms with Crippen LogP contribution in [0.3, 0.4) is 0 Å². The SMILES string of the molecule is O=C(NCc1cccc(C(=O)N2CCCC2)c1)c1ccn(-c2ccccc2)n1. The lowest BCUT2D eigenvalue weighted by molar-refractivity contribution is 0.0792. The molecule has 2 heterocycles. The molecule has 0 unspecified atom stereocenters. The highest BCUT2D eigenvalue weighted by molar-refractivity contribution is 5.94. The summed E-state index contributed by atoms with van der Waals surface area (Å²) in [5.74, 6) is -0.182. The van der Waals surface area contributed by atoms with Crippen molar-refractivity contribution in [2.75, 3.05) is 13.1 Å². The van der Waals surface area contributed by atoms with Crippen LogP contribution in [-0.4, -0.2) is 39.6 Å². The highest BCUT2D eigenvalue weighted by Crippen LogP contribution is 2.14. The van der Waals surface area contributed by atoms with Gasteiger partial charge in [-0.1, -0.05) is 30.3 Å². The lowest BCUT2D eigenvalue weighted by Gasteiger charge is -2.15. The standard InChI is InChI=1S/C22H22N4O2/c27-21(20-11-14-26(24-20)19-9-2-1-3-10-19)23-16-17-7-6-8-18(15-17)22(28)25-12-4-5-13-25/h1-3,6-11,14-15H,4-5,12-13,16H2,(H,23,27). The number of likely N-dealkylation sites (tertiary alicyclic amines) is 1. The second-order valence-electron chi connectivity index (χ2n) is 6.86. The number of hydrogen-bond acceptors (Lipinski definition) is 3. The molecule has 28 heavy (non-hydrogen) atoms. The molecule has 0 bridgehead atoms. The lowest BCUT2D eigenvalue weighted by Crippen LogP contribution is -2.28. The predicted molar refractivity (Wildman–Crippen MR) is 106 cm³/mol. The maximum absolute atomic E-state index is 12.5. The average molecular weight is 374 g/mol. The Labute approximate surface area is 163 Å². The summed E-state index contributed by atoms with van der Waals surface area (Å²) in [7, 11) is 0. The van der Waals surface area contributed by atoms with Crippen LogP contribution in [-0.2, 0) is 6.54 Å². The number of amides is 2. The average Bonchev–Trinajstić information content (AvgIpc) is 3.45. The molecule has 0 saturated carbocycles. The van der Waals surface area contributed by atoms with Gasteiger partial charge in [0.05, 0.1) is 5.69 Å². The van der Waals surface area contributed by atoms with E-state index in [1.807, 2.05) is 59.5 Å². The molecule has 2 aromatic carbocycles. The molecule has 0 radical (unpaired) electrons. The van der Waals surface area contributed by atoms with Gasteiger partial charge in [-0.05, 0) is 48.7 Å². The Morgan fingerprint density at radius 3 is 2.54 bits per heavy atom. The first-order chi connectivity index (χ1) is 13.7. The molecular weight excluding hydrogens is 352 g/mol. The summed E-state index contributed by atoms with van der Waals surface area (Å²) in [6.45, 7) is 1.99. The van der Waals surface area contributed by atoms with Gasteiger partial charge in [-0.15, -0.1) is 0 Å². The fraction of sp³-hybridized carbons (Fsp3) is 0.227. The van der Waals surface area contributed by atoms with E-state index in [-0.39, 0.29) is 11.8 Å². The minimum atomic E-state index is -0.244. The van der Waals surface area contributed by atoms with Crippen molar-refractivity contribution >= 4 is 11.8 Å². The first-order valence-electron chi connectivity index (χ1n) is 9.48. The number of carbonyl (C=O) groups is 2. The molecule has 0 atom stereocenters. The third kappa shape index (κ3) is 3.96. The maximum Gasteiger partial charge on any atom is 0.272 e. The molecule has 1 fully saturated rings. The number of para-hydroxylation sites is 1. The minimum Gasteiger partial charge on any atom is -0.347 e. The fourth-order valence-corrected chi connectivity index (χ4v) is 3.36. The van der Waals surface area contributed by atoms with Gasteiger partial charge in [0.1, 0.15) is 0 Å². The van der Waals surface area contributed by atoms with Gasteiger partial charge >= 0.3 is 0 Å². The highest BCUT2D eigenvalue weighted by Gasteiger charge is 2.19. The maximum atomic E-state index is 12.5. The van der Waals surface area contributed by atoms with Crippen molar-refractivity contribution in [3.8, 4) is 5.69 Å². The quantitative estimate of drug-likeness (QED) is 0.746.